The summed E-state index contributed by atoms with van der Waals surface area (Å²) in [5.74, 6) is 0. The third-order valence-electron chi connectivity index (χ3n) is 11.3. The molecular formula is C58H41N. The van der Waals surface area contributed by atoms with E-state index < -0.39 is 0 Å². The van der Waals surface area contributed by atoms with Crippen LogP contribution in [-0.4, -0.2) is 0 Å². The first kappa shape index (κ1) is 35.7. The molecule has 0 bridgehead atoms. The highest BCUT2D eigenvalue weighted by atomic mass is 15.1. The normalized spacial score (nSPS) is 11.1. The van der Waals surface area contributed by atoms with Crippen molar-refractivity contribution >= 4 is 27.8 Å². The van der Waals surface area contributed by atoms with Gasteiger partial charge in [-0.25, -0.2) is 0 Å². The van der Waals surface area contributed by atoms with E-state index in [9.17, 15) is 0 Å². The zero-order valence-corrected chi connectivity index (χ0v) is 32.6. The molecule has 1 nitrogen and oxygen atoms in total. The maximum Gasteiger partial charge on any atom is 0.0540 e. The lowest BCUT2D eigenvalue weighted by atomic mass is 9.84. The molecule has 0 aromatic heterocycles. The number of hydrogen-bond donors (Lipinski definition) is 0. The third-order valence-corrected chi connectivity index (χ3v) is 11.3. The second-order valence-corrected chi connectivity index (χ2v) is 14.8. The molecule has 0 saturated heterocycles. The first-order valence-corrected chi connectivity index (χ1v) is 20.3. The Balaban J connectivity index is 1.17. The Morgan fingerprint density at radius 1 is 0.220 bits per heavy atom. The second kappa shape index (κ2) is 16.0. The summed E-state index contributed by atoms with van der Waals surface area (Å²) in [7, 11) is 0. The van der Waals surface area contributed by atoms with Crippen LogP contribution >= 0.6 is 0 Å². The third kappa shape index (κ3) is 7.01. The molecule has 10 rings (SSSR count). The van der Waals surface area contributed by atoms with Crippen molar-refractivity contribution in [1.82, 2.24) is 0 Å². The quantitative estimate of drug-likeness (QED) is 0.142. The maximum absolute atomic E-state index is 2.45. The molecule has 0 aliphatic carbocycles. The van der Waals surface area contributed by atoms with Gasteiger partial charge in [0.05, 0.1) is 11.4 Å². The van der Waals surface area contributed by atoms with Crippen LogP contribution in [-0.2, 0) is 0 Å². The van der Waals surface area contributed by atoms with Crippen molar-refractivity contribution in [2.24, 2.45) is 0 Å². The number of anilines is 3. The highest BCUT2D eigenvalue weighted by Gasteiger charge is 2.23. The fourth-order valence-corrected chi connectivity index (χ4v) is 8.49. The lowest BCUT2D eigenvalue weighted by molar-refractivity contribution is 1.30. The minimum Gasteiger partial charge on any atom is -0.309 e. The minimum atomic E-state index is 1.09. The summed E-state index contributed by atoms with van der Waals surface area (Å²) in [5.41, 5.74) is 17.6. The highest BCUT2D eigenvalue weighted by Crippen LogP contribution is 2.49. The van der Waals surface area contributed by atoms with E-state index in [1.807, 2.05) is 0 Å². The SMILES string of the molecule is c1ccc(-c2ccc(-c3ccc(N(c4ccccc4-c4cccc(-c5ccccc5)c4-c4ccccc4-c4ccccc4)c4cccc5ccccc45)cc3)cc2)cc1. The van der Waals surface area contributed by atoms with Gasteiger partial charge in [0, 0.05) is 16.6 Å². The molecule has 0 aliphatic heterocycles. The predicted octanol–water partition coefficient (Wildman–Crippen LogP) is 16.3. The number of para-hydroxylation sites is 1. The Morgan fingerprint density at radius 2 is 0.627 bits per heavy atom. The van der Waals surface area contributed by atoms with E-state index in [2.05, 4.69) is 254 Å². The van der Waals surface area contributed by atoms with Gasteiger partial charge in [-0.1, -0.05) is 224 Å². The van der Waals surface area contributed by atoms with Gasteiger partial charge >= 0.3 is 0 Å². The summed E-state index contributed by atoms with van der Waals surface area (Å²) in [6.07, 6.45) is 0. The zero-order chi connectivity index (χ0) is 39.4. The van der Waals surface area contributed by atoms with Gasteiger partial charge in [-0.2, -0.15) is 0 Å². The van der Waals surface area contributed by atoms with E-state index >= 15 is 0 Å². The van der Waals surface area contributed by atoms with Gasteiger partial charge in [0.1, 0.15) is 0 Å². The smallest absolute Gasteiger partial charge is 0.0540 e. The second-order valence-electron chi connectivity index (χ2n) is 14.8. The summed E-state index contributed by atoms with van der Waals surface area (Å²) < 4.78 is 0. The van der Waals surface area contributed by atoms with E-state index in [1.54, 1.807) is 0 Å². The molecule has 0 saturated carbocycles. The molecule has 0 radical (unpaired) electrons. The molecular weight excluding hydrogens is 711 g/mol. The van der Waals surface area contributed by atoms with Gasteiger partial charge < -0.3 is 4.90 Å². The van der Waals surface area contributed by atoms with Crippen molar-refractivity contribution in [3.05, 3.63) is 249 Å². The average molecular weight is 752 g/mol. The van der Waals surface area contributed by atoms with Crippen molar-refractivity contribution in [2.75, 3.05) is 4.90 Å². The van der Waals surface area contributed by atoms with E-state index in [-0.39, 0.29) is 0 Å². The standard InChI is InChI=1S/C58H41N/c1-4-18-42(19-5-1)43-34-36-44(37-35-43)45-38-40-49(41-39-45)59(56-33-16-25-47-24-10-11-27-51(47)56)57-32-15-14-28-53(57)55-31-17-30-52(48-22-8-3-9-23-48)58(55)54-29-13-12-26-50(54)46-20-6-2-7-21-46/h1-41H. The van der Waals surface area contributed by atoms with Crippen molar-refractivity contribution in [3.8, 4) is 66.8 Å². The number of fused-ring (bicyclic) bond motifs is 1. The summed E-state index contributed by atoms with van der Waals surface area (Å²) in [5, 5.41) is 2.39. The molecule has 59 heavy (non-hydrogen) atoms. The van der Waals surface area contributed by atoms with E-state index in [4.69, 9.17) is 0 Å². The predicted molar refractivity (Wildman–Crippen MR) is 251 cm³/mol. The molecule has 0 atom stereocenters. The highest BCUT2D eigenvalue weighted by molar-refractivity contribution is 6.05. The fourth-order valence-electron chi connectivity index (χ4n) is 8.49. The van der Waals surface area contributed by atoms with Crippen molar-refractivity contribution in [1.29, 1.82) is 0 Å². The van der Waals surface area contributed by atoms with Crippen LogP contribution in [0.3, 0.4) is 0 Å². The Hall–Kier alpha value is -7.74. The van der Waals surface area contributed by atoms with E-state index in [0.717, 1.165) is 22.6 Å². The Labute approximate surface area is 346 Å². The molecule has 10 aromatic rings. The van der Waals surface area contributed by atoms with Crippen LogP contribution in [0, 0.1) is 0 Å². The number of nitrogens with zero attached hydrogens (tertiary/aromatic N) is 1. The maximum atomic E-state index is 2.45. The van der Waals surface area contributed by atoms with Gasteiger partial charge in [0.2, 0.25) is 0 Å². The Morgan fingerprint density at radius 3 is 1.29 bits per heavy atom. The Kier molecular flexibility index (Phi) is 9.68. The molecule has 10 aromatic carbocycles. The topological polar surface area (TPSA) is 3.24 Å². The molecule has 0 aliphatic rings. The number of hydrogen-bond acceptors (Lipinski definition) is 1. The van der Waals surface area contributed by atoms with E-state index in [0.29, 0.717) is 0 Å². The summed E-state index contributed by atoms with van der Waals surface area (Å²) in [6, 6.07) is 89.9. The molecule has 1 heteroatoms. The summed E-state index contributed by atoms with van der Waals surface area (Å²) in [4.78, 5) is 2.45. The van der Waals surface area contributed by atoms with Crippen molar-refractivity contribution < 1.29 is 0 Å². The van der Waals surface area contributed by atoms with Gasteiger partial charge in [-0.05, 0) is 90.8 Å². The molecule has 0 spiro atoms. The molecule has 0 N–H and O–H groups in total. The lowest BCUT2D eigenvalue weighted by Crippen LogP contribution is -2.12. The molecule has 0 fully saturated rings. The van der Waals surface area contributed by atoms with Gasteiger partial charge in [0.15, 0.2) is 0 Å². The fraction of sp³-hybridized carbons (Fsp3) is 0. The zero-order valence-electron chi connectivity index (χ0n) is 32.6. The molecule has 0 amide bonds. The Bertz CT molecular complexity index is 3000. The van der Waals surface area contributed by atoms with Crippen LogP contribution in [0.4, 0.5) is 17.1 Å². The first-order valence-electron chi connectivity index (χ1n) is 20.3. The van der Waals surface area contributed by atoms with Gasteiger partial charge in [-0.15, -0.1) is 0 Å². The molecule has 278 valence electrons. The van der Waals surface area contributed by atoms with Crippen LogP contribution in [0.2, 0.25) is 0 Å². The largest absolute Gasteiger partial charge is 0.309 e. The summed E-state index contributed by atoms with van der Waals surface area (Å²) >= 11 is 0. The van der Waals surface area contributed by atoms with Crippen LogP contribution in [0.1, 0.15) is 0 Å². The van der Waals surface area contributed by atoms with Crippen molar-refractivity contribution in [2.45, 2.75) is 0 Å². The monoisotopic (exact) mass is 751 g/mol. The van der Waals surface area contributed by atoms with Crippen LogP contribution in [0.5, 0.6) is 0 Å². The number of benzene rings is 10. The molecule has 0 unspecified atom stereocenters. The first-order chi connectivity index (χ1) is 29.3. The lowest BCUT2D eigenvalue weighted by Gasteiger charge is -2.30. The van der Waals surface area contributed by atoms with E-state index in [1.165, 1.54) is 72.0 Å². The minimum absolute atomic E-state index is 1.09. The van der Waals surface area contributed by atoms with Crippen LogP contribution in [0.25, 0.3) is 77.5 Å². The van der Waals surface area contributed by atoms with Crippen LogP contribution < -0.4 is 4.90 Å². The molecule has 0 heterocycles. The van der Waals surface area contributed by atoms with Crippen molar-refractivity contribution in [3.63, 3.8) is 0 Å². The van der Waals surface area contributed by atoms with Gasteiger partial charge in [-0.3, -0.25) is 0 Å². The number of rotatable bonds is 9. The summed E-state index contributed by atoms with van der Waals surface area (Å²) in [6.45, 7) is 0. The average Bonchev–Trinajstić information content (AvgIpc) is 3.33. The van der Waals surface area contributed by atoms with Gasteiger partial charge in [0.25, 0.3) is 0 Å². The van der Waals surface area contributed by atoms with Crippen LogP contribution in [0.15, 0.2) is 249 Å².